The molecule has 1 aromatic rings. The van der Waals surface area contributed by atoms with E-state index in [9.17, 15) is 13.2 Å². The van der Waals surface area contributed by atoms with Gasteiger partial charge < -0.3 is 14.8 Å². The van der Waals surface area contributed by atoms with Crippen molar-refractivity contribution in [2.45, 2.75) is 46.6 Å². The topological polar surface area (TPSA) is 84.9 Å². The highest BCUT2D eigenvalue weighted by molar-refractivity contribution is 7.92. The van der Waals surface area contributed by atoms with E-state index in [4.69, 9.17) is 9.47 Å². The van der Waals surface area contributed by atoms with Gasteiger partial charge in [0.25, 0.3) is 0 Å². The fourth-order valence-electron chi connectivity index (χ4n) is 3.29. The molecule has 0 saturated carbocycles. The van der Waals surface area contributed by atoms with Crippen molar-refractivity contribution in [1.82, 2.24) is 5.32 Å². The summed E-state index contributed by atoms with van der Waals surface area (Å²) in [5, 5.41) is 2.93. The summed E-state index contributed by atoms with van der Waals surface area (Å²) >= 11 is 0. The number of anilines is 1. The number of benzene rings is 1. The molecular weight excluding hydrogens is 368 g/mol. The molecule has 1 amide bonds. The SMILES string of the molecule is COc1ccc(N(CC(=O)NC(C)(C)CC(C)(C)C)S(C)(=O)=O)c(OC)c1. The molecule has 0 aliphatic rings. The van der Waals surface area contributed by atoms with E-state index in [-0.39, 0.29) is 23.6 Å². The van der Waals surface area contributed by atoms with Crippen LogP contribution in [0.2, 0.25) is 0 Å². The third-order valence-corrected chi connectivity index (χ3v) is 4.92. The molecule has 1 N–H and O–H groups in total. The van der Waals surface area contributed by atoms with Gasteiger partial charge in [0.2, 0.25) is 15.9 Å². The number of carbonyl (C=O) groups is 1. The van der Waals surface area contributed by atoms with E-state index < -0.39 is 15.6 Å². The van der Waals surface area contributed by atoms with Crippen molar-refractivity contribution in [3.05, 3.63) is 18.2 Å². The Morgan fingerprint density at radius 2 is 1.70 bits per heavy atom. The van der Waals surface area contributed by atoms with Crippen molar-refractivity contribution in [2.75, 3.05) is 31.3 Å². The van der Waals surface area contributed by atoms with Crippen molar-refractivity contribution in [3.8, 4) is 11.5 Å². The second-order valence-corrected chi connectivity index (χ2v) is 10.4. The van der Waals surface area contributed by atoms with E-state index in [1.807, 2.05) is 13.8 Å². The predicted molar refractivity (Wildman–Crippen MR) is 108 cm³/mol. The van der Waals surface area contributed by atoms with Crippen molar-refractivity contribution < 1.29 is 22.7 Å². The number of nitrogens with one attached hydrogen (secondary N) is 1. The number of nitrogens with zero attached hydrogens (tertiary/aromatic N) is 1. The molecule has 0 spiro atoms. The molecule has 27 heavy (non-hydrogen) atoms. The van der Waals surface area contributed by atoms with Gasteiger partial charge in [-0.05, 0) is 37.8 Å². The maximum atomic E-state index is 12.6. The van der Waals surface area contributed by atoms with Gasteiger partial charge in [0.05, 0.1) is 26.2 Å². The van der Waals surface area contributed by atoms with Gasteiger partial charge >= 0.3 is 0 Å². The number of sulfonamides is 1. The summed E-state index contributed by atoms with van der Waals surface area (Å²) in [5.74, 6) is 0.453. The van der Waals surface area contributed by atoms with Crippen LogP contribution in [0.3, 0.4) is 0 Å². The second kappa shape index (κ2) is 8.37. The zero-order valence-corrected chi connectivity index (χ0v) is 18.4. The van der Waals surface area contributed by atoms with E-state index in [1.54, 1.807) is 18.2 Å². The maximum absolute atomic E-state index is 12.6. The van der Waals surface area contributed by atoms with E-state index in [2.05, 4.69) is 26.1 Å². The van der Waals surface area contributed by atoms with Crippen LogP contribution in [-0.2, 0) is 14.8 Å². The average Bonchev–Trinajstić information content (AvgIpc) is 2.48. The van der Waals surface area contributed by atoms with E-state index >= 15 is 0 Å². The smallest absolute Gasteiger partial charge is 0.241 e. The number of hydrogen-bond acceptors (Lipinski definition) is 5. The first kappa shape index (κ1) is 23.1. The van der Waals surface area contributed by atoms with Gasteiger partial charge in [-0.3, -0.25) is 9.10 Å². The van der Waals surface area contributed by atoms with Gasteiger partial charge in [-0.15, -0.1) is 0 Å². The van der Waals surface area contributed by atoms with Gasteiger partial charge in [-0.25, -0.2) is 8.42 Å². The van der Waals surface area contributed by atoms with Crippen LogP contribution in [0.15, 0.2) is 18.2 Å². The molecule has 0 atom stereocenters. The van der Waals surface area contributed by atoms with Crippen molar-refractivity contribution in [1.29, 1.82) is 0 Å². The van der Waals surface area contributed by atoms with E-state index in [1.165, 1.54) is 14.2 Å². The van der Waals surface area contributed by atoms with Crippen LogP contribution in [0.4, 0.5) is 5.69 Å². The minimum Gasteiger partial charge on any atom is -0.497 e. The molecule has 0 radical (unpaired) electrons. The van der Waals surface area contributed by atoms with Crippen molar-refractivity contribution in [3.63, 3.8) is 0 Å². The Bertz CT molecular complexity index is 767. The van der Waals surface area contributed by atoms with Crippen LogP contribution in [0.1, 0.15) is 41.0 Å². The second-order valence-electron chi connectivity index (χ2n) is 8.48. The minimum absolute atomic E-state index is 0.0203. The molecule has 0 saturated heterocycles. The zero-order valence-electron chi connectivity index (χ0n) is 17.5. The Morgan fingerprint density at radius 3 is 2.15 bits per heavy atom. The lowest BCUT2D eigenvalue weighted by molar-refractivity contribution is -0.121. The minimum atomic E-state index is -3.70. The monoisotopic (exact) mass is 400 g/mol. The predicted octanol–water partition coefficient (Wildman–Crippen LogP) is 2.80. The molecule has 0 aromatic heterocycles. The molecule has 0 fully saturated rings. The Balaban J connectivity index is 3.12. The van der Waals surface area contributed by atoms with Gasteiger partial charge in [0, 0.05) is 11.6 Å². The molecule has 8 heteroatoms. The van der Waals surface area contributed by atoms with Crippen molar-refractivity contribution in [2.24, 2.45) is 5.41 Å². The highest BCUT2D eigenvalue weighted by Crippen LogP contribution is 2.33. The fraction of sp³-hybridized carbons (Fsp3) is 0.632. The number of methoxy groups -OCH3 is 2. The summed E-state index contributed by atoms with van der Waals surface area (Å²) in [4.78, 5) is 12.6. The van der Waals surface area contributed by atoms with Gasteiger partial charge in [-0.1, -0.05) is 20.8 Å². The Labute approximate surface area is 163 Å². The number of carbonyl (C=O) groups excluding carboxylic acids is 1. The molecule has 0 aliphatic heterocycles. The molecule has 0 aliphatic carbocycles. The first-order valence-electron chi connectivity index (χ1n) is 8.69. The third kappa shape index (κ3) is 7.28. The standard InChI is InChI=1S/C19H32N2O5S/c1-18(2,3)13-19(4,5)20-17(22)12-21(27(8,23)24)15-10-9-14(25-6)11-16(15)26-7/h9-11H,12-13H2,1-8H3,(H,20,22). The fourth-order valence-corrected chi connectivity index (χ4v) is 4.15. The lowest BCUT2D eigenvalue weighted by Crippen LogP contribution is -2.50. The van der Waals surface area contributed by atoms with Crippen LogP contribution >= 0.6 is 0 Å². The average molecular weight is 401 g/mol. The lowest BCUT2D eigenvalue weighted by Gasteiger charge is -2.34. The molecule has 7 nitrogen and oxygen atoms in total. The highest BCUT2D eigenvalue weighted by atomic mass is 32.2. The summed E-state index contributed by atoms with van der Waals surface area (Å²) in [7, 11) is -0.761. The largest absolute Gasteiger partial charge is 0.497 e. The molecule has 0 heterocycles. The van der Waals surface area contributed by atoms with E-state index in [0.717, 1.165) is 17.0 Å². The summed E-state index contributed by atoms with van der Waals surface area (Å²) in [6, 6.07) is 4.76. The van der Waals surface area contributed by atoms with Gasteiger partial charge in [-0.2, -0.15) is 0 Å². The molecule has 1 aromatic carbocycles. The summed E-state index contributed by atoms with van der Waals surface area (Å²) in [6.45, 7) is 9.78. The van der Waals surface area contributed by atoms with Crippen LogP contribution in [-0.4, -0.2) is 46.9 Å². The molecular formula is C19H32N2O5S. The van der Waals surface area contributed by atoms with Crippen LogP contribution in [0.5, 0.6) is 11.5 Å². The highest BCUT2D eigenvalue weighted by Gasteiger charge is 2.30. The molecule has 1 rings (SSSR count). The van der Waals surface area contributed by atoms with Crippen molar-refractivity contribution >= 4 is 21.6 Å². The number of rotatable bonds is 8. The Hall–Kier alpha value is -1.96. The Morgan fingerprint density at radius 1 is 1.11 bits per heavy atom. The summed E-state index contributed by atoms with van der Waals surface area (Å²) in [6.07, 6.45) is 1.81. The third-order valence-electron chi connectivity index (χ3n) is 3.79. The normalized spacial score (nSPS) is 12.4. The van der Waals surface area contributed by atoms with Crippen LogP contribution in [0, 0.1) is 5.41 Å². The van der Waals surface area contributed by atoms with Crippen LogP contribution in [0.25, 0.3) is 0 Å². The quantitative estimate of drug-likeness (QED) is 0.725. The number of ether oxygens (including phenoxy) is 2. The maximum Gasteiger partial charge on any atom is 0.241 e. The molecule has 154 valence electrons. The number of amides is 1. The van der Waals surface area contributed by atoms with Crippen LogP contribution < -0.4 is 19.1 Å². The number of hydrogen-bond donors (Lipinski definition) is 1. The first-order chi connectivity index (χ1) is 12.2. The van der Waals surface area contributed by atoms with Gasteiger partial charge in [0.1, 0.15) is 18.0 Å². The lowest BCUT2D eigenvalue weighted by atomic mass is 9.82. The summed E-state index contributed by atoms with van der Waals surface area (Å²) < 4.78 is 36.2. The molecule has 0 unspecified atom stereocenters. The molecule has 0 bridgehead atoms. The zero-order chi connectivity index (χ0) is 21.0. The van der Waals surface area contributed by atoms with E-state index in [0.29, 0.717) is 11.5 Å². The Kier molecular flexibility index (Phi) is 7.16. The first-order valence-corrected chi connectivity index (χ1v) is 10.5. The van der Waals surface area contributed by atoms with Gasteiger partial charge in [0.15, 0.2) is 0 Å². The summed E-state index contributed by atoms with van der Waals surface area (Å²) in [5.41, 5.74) is -0.167.